The lowest BCUT2D eigenvalue weighted by atomic mass is 10.2. The Balaban J connectivity index is 1.69. The predicted octanol–water partition coefficient (Wildman–Crippen LogP) is 0.0763. The highest BCUT2D eigenvalue weighted by atomic mass is 32.2. The van der Waals surface area contributed by atoms with Crippen LogP contribution < -0.4 is 5.32 Å². The molecule has 1 fully saturated rings. The summed E-state index contributed by atoms with van der Waals surface area (Å²) in [5.41, 5.74) is 1.13. The van der Waals surface area contributed by atoms with Crippen LogP contribution in [0, 0.1) is 0 Å². The van der Waals surface area contributed by atoms with Crippen LogP contribution in [0.1, 0.15) is 16.6 Å². The number of hydrogen-bond acceptors (Lipinski definition) is 8. The topological polar surface area (TPSA) is 139 Å². The third kappa shape index (κ3) is 3.53. The minimum absolute atomic E-state index is 0.217. The Morgan fingerprint density at radius 3 is 2.72 bits per heavy atom. The minimum Gasteiger partial charge on any atom is -0.394 e. The molecule has 0 radical (unpaired) electrons. The molecule has 0 bridgehead atoms. The van der Waals surface area contributed by atoms with Crippen LogP contribution in [0.3, 0.4) is 0 Å². The number of benzene rings is 1. The van der Waals surface area contributed by atoms with Crippen molar-refractivity contribution in [2.45, 2.75) is 23.7 Å². The molecule has 0 aliphatic carbocycles. The number of fused-ring (bicyclic) bond motifs is 1. The molecule has 152 valence electrons. The average molecular weight is 417 g/mol. The summed E-state index contributed by atoms with van der Waals surface area (Å²) in [5, 5.41) is 21.7. The second kappa shape index (κ2) is 7.95. The Kier molecular flexibility index (Phi) is 5.37. The molecule has 4 rings (SSSR count). The number of imidazole rings is 1. The molecule has 10 nitrogen and oxygen atoms in total. The van der Waals surface area contributed by atoms with Gasteiger partial charge < -0.3 is 20.3 Å². The zero-order valence-electron chi connectivity index (χ0n) is 15.4. The molecule has 11 heteroatoms. The summed E-state index contributed by atoms with van der Waals surface area (Å²) >= 11 is 0. The first-order valence-corrected chi connectivity index (χ1v) is 10.4. The number of amides is 1. The first-order chi connectivity index (χ1) is 14.0. The van der Waals surface area contributed by atoms with Crippen molar-refractivity contribution >= 4 is 33.7 Å². The number of hydrogen-bond donors (Lipinski definition) is 3. The zero-order chi connectivity index (χ0) is 20.5. The standard InChI is InChI=1S/C18H19N5O5S/c1-29(27)14-13(25)11(7-24)28-18(14)23-9-21-12-15(19-8-20-16(12)23)22-17(26)10-5-3-2-4-6-10/h2-6,8-9,11,13-14,18,24-25H,7H2,1H3,(H,19,20,22,26)/t11-,13?,14?,18-,29?/m1/s1. The molecule has 1 saturated heterocycles. The second-order valence-corrected chi connectivity index (χ2v) is 8.11. The Morgan fingerprint density at radius 1 is 1.28 bits per heavy atom. The Labute approximate surface area is 168 Å². The van der Waals surface area contributed by atoms with Gasteiger partial charge >= 0.3 is 0 Å². The molecule has 1 aliphatic rings. The van der Waals surface area contributed by atoms with Gasteiger partial charge in [-0.25, -0.2) is 15.0 Å². The molecule has 1 amide bonds. The number of aliphatic hydroxyl groups excluding tert-OH is 2. The second-order valence-electron chi connectivity index (χ2n) is 6.57. The van der Waals surface area contributed by atoms with E-state index in [-0.39, 0.29) is 11.7 Å². The lowest BCUT2D eigenvalue weighted by Gasteiger charge is -2.19. The Bertz CT molecular complexity index is 1060. The van der Waals surface area contributed by atoms with Crippen LogP contribution >= 0.6 is 0 Å². The molecule has 0 saturated carbocycles. The van der Waals surface area contributed by atoms with Gasteiger partial charge in [-0.3, -0.25) is 13.6 Å². The van der Waals surface area contributed by atoms with E-state index < -0.39 is 41.1 Å². The molecule has 3 N–H and O–H groups in total. The number of carbonyl (C=O) groups is 1. The molecule has 5 atom stereocenters. The van der Waals surface area contributed by atoms with E-state index in [1.54, 1.807) is 24.3 Å². The van der Waals surface area contributed by atoms with E-state index >= 15 is 0 Å². The van der Waals surface area contributed by atoms with Crippen molar-refractivity contribution in [1.82, 2.24) is 19.5 Å². The number of anilines is 1. The quantitative estimate of drug-likeness (QED) is 0.530. The number of ether oxygens (including phenoxy) is 1. The lowest BCUT2D eigenvalue weighted by Crippen LogP contribution is -2.36. The molecule has 3 heterocycles. The molecular weight excluding hydrogens is 398 g/mol. The van der Waals surface area contributed by atoms with Gasteiger partial charge in [-0.2, -0.15) is 0 Å². The number of nitrogens with zero attached hydrogens (tertiary/aromatic N) is 4. The fourth-order valence-corrected chi connectivity index (χ4v) is 4.44. The SMILES string of the molecule is CS(=O)C1C(O)[C@@H](CO)O[C@H]1n1cnc2c(NC(=O)c3ccccc3)ncnc21. The van der Waals surface area contributed by atoms with Gasteiger partial charge in [0, 0.05) is 22.6 Å². The van der Waals surface area contributed by atoms with Gasteiger partial charge in [0.15, 0.2) is 23.2 Å². The predicted molar refractivity (Wildman–Crippen MR) is 105 cm³/mol. The normalized spacial score (nSPS) is 25.2. The average Bonchev–Trinajstić information content (AvgIpc) is 3.29. The number of aliphatic hydroxyl groups is 2. The summed E-state index contributed by atoms with van der Waals surface area (Å²) < 4.78 is 19.4. The number of nitrogens with one attached hydrogen (secondary N) is 1. The van der Waals surface area contributed by atoms with E-state index in [4.69, 9.17) is 4.74 Å². The summed E-state index contributed by atoms with van der Waals surface area (Å²) in [6, 6.07) is 8.67. The van der Waals surface area contributed by atoms with Crippen molar-refractivity contribution in [3.8, 4) is 0 Å². The highest BCUT2D eigenvalue weighted by Crippen LogP contribution is 2.34. The van der Waals surface area contributed by atoms with E-state index in [0.717, 1.165) is 0 Å². The van der Waals surface area contributed by atoms with E-state index in [1.807, 2.05) is 6.07 Å². The summed E-state index contributed by atoms with van der Waals surface area (Å²) in [4.78, 5) is 25.0. The van der Waals surface area contributed by atoms with Crippen molar-refractivity contribution in [3.63, 3.8) is 0 Å². The van der Waals surface area contributed by atoms with Crippen molar-refractivity contribution < 1.29 is 24.0 Å². The van der Waals surface area contributed by atoms with Gasteiger partial charge in [-0.05, 0) is 12.1 Å². The Morgan fingerprint density at radius 2 is 2.03 bits per heavy atom. The van der Waals surface area contributed by atoms with Crippen molar-refractivity contribution in [2.75, 3.05) is 18.2 Å². The first-order valence-electron chi connectivity index (χ1n) is 8.81. The third-order valence-electron chi connectivity index (χ3n) is 4.78. The van der Waals surface area contributed by atoms with Crippen molar-refractivity contribution in [1.29, 1.82) is 0 Å². The third-order valence-corrected chi connectivity index (χ3v) is 6.06. The molecular formula is C18H19N5O5S. The van der Waals surface area contributed by atoms with E-state index in [2.05, 4.69) is 20.3 Å². The molecule has 29 heavy (non-hydrogen) atoms. The maximum atomic E-state index is 12.5. The van der Waals surface area contributed by atoms with Gasteiger partial charge in [-0.1, -0.05) is 18.2 Å². The van der Waals surface area contributed by atoms with Crippen LogP contribution in [0.25, 0.3) is 11.2 Å². The first kappa shape index (κ1) is 19.6. The van der Waals surface area contributed by atoms with Crippen LogP contribution in [-0.4, -0.2) is 70.2 Å². The maximum Gasteiger partial charge on any atom is 0.256 e. The van der Waals surface area contributed by atoms with E-state index in [0.29, 0.717) is 16.7 Å². The molecule has 3 aromatic rings. The van der Waals surface area contributed by atoms with Gasteiger partial charge in [0.05, 0.1) is 12.9 Å². The lowest BCUT2D eigenvalue weighted by molar-refractivity contribution is -0.0430. The van der Waals surface area contributed by atoms with E-state index in [9.17, 15) is 19.2 Å². The van der Waals surface area contributed by atoms with Crippen LogP contribution in [0.5, 0.6) is 0 Å². The van der Waals surface area contributed by atoms with Crippen LogP contribution in [0.2, 0.25) is 0 Å². The zero-order valence-corrected chi connectivity index (χ0v) is 16.2. The highest BCUT2D eigenvalue weighted by Gasteiger charge is 2.47. The highest BCUT2D eigenvalue weighted by molar-refractivity contribution is 7.85. The van der Waals surface area contributed by atoms with Gasteiger partial charge in [0.2, 0.25) is 0 Å². The summed E-state index contributed by atoms with van der Waals surface area (Å²) in [6.07, 6.45) is 1.34. The summed E-state index contributed by atoms with van der Waals surface area (Å²) in [5.74, 6) is -0.130. The van der Waals surface area contributed by atoms with E-state index in [1.165, 1.54) is 23.5 Å². The maximum absolute atomic E-state index is 12.5. The number of carbonyl (C=O) groups excluding carboxylic acids is 1. The molecule has 3 unspecified atom stereocenters. The fourth-order valence-electron chi connectivity index (χ4n) is 3.35. The smallest absolute Gasteiger partial charge is 0.256 e. The van der Waals surface area contributed by atoms with Crippen molar-refractivity contribution in [2.24, 2.45) is 0 Å². The number of aromatic nitrogens is 4. The molecule has 1 aliphatic heterocycles. The van der Waals surface area contributed by atoms with Crippen LogP contribution in [0.4, 0.5) is 5.82 Å². The summed E-state index contributed by atoms with van der Waals surface area (Å²) in [7, 11) is -1.44. The van der Waals surface area contributed by atoms with Gasteiger partial charge in [0.25, 0.3) is 5.91 Å². The van der Waals surface area contributed by atoms with Gasteiger partial charge in [-0.15, -0.1) is 0 Å². The molecule has 0 spiro atoms. The number of rotatable bonds is 5. The monoisotopic (exact) mass is 417 g/mol. The fraction of sp³-hybridized carbons (Fsp3) is 0.333. The molecule has 1 aromatic carbocycles. The summed E-state index contributed by atoms with van der Waals surface area (Å²) in [6.45, 7) is -0.411. The van der Waals surface area contributed by atoms with Crippen LogP contribution in [0.15, 0.2) is 43.0 Å². The Hall–Kier alpha value is -2.73. The van der Waals surface area contributed by atoms with Crippen LogP contribution in [-0.2, 0) is 15.5 Å². The molecule has 2 aromatic heterocycles. The largest absolute Gasteiger partial charge is 0.394 e. The van der Waals surface area contributed by atoms with Crippen molar-refractivity contribution in [3.05, 3.63) is 48.5 Å². The van der Waals surface area contributed by atoms with Gasteiger partial charge in [0.1, 0.15) is 23.8 Å². The minimum atomic E-state index is -1.44.